The minimum absolute atomic E-state index is 0.00548. The highest BCUT2D eigenvalue weighted by atomic mass is 16.5. The number of nitrogens with zero attached hydrogens (tertiary/aromatic N) is 1. The summed E-state index contributed by atoms with van der Waals surface area (Å²) in [7, 11) is 0. The molecule has 0 unspecified atom stereocenters. The number of H-pyrrole nitrogens is 1. The molecule has 0 saturated heterocycles. The van der Waals surface area contributed by atoms with E-state index in [9.17, 15) is 9.59 Å². The molecule has 0 bridgehead atoms. The molecular formula is C16H20N2O3. The summed E-state index contributed by atoms with van der Waals surface area (Å²) in [6.45, 7) is 4.42. The predicted molar refractivity (Wildman–Crippen MR) is 80.9 cm³/mol. The third-order valence-electron chi connectivity index (χ3n) is 3.38. The minimum atomic E-state index is -0.369. The van der Waals surface area contributed by atoms with E-state index in [1.165, 1.54) is 4.90 Å². The van der Waals surface area contributed by atoms with Crippen LogP contribution in [0.3, 0.4) is 0 Å². The van der Waals surface area contributed by atoms with Crippen LogP contribution in [0.5, 0.6) is 0 Å². The summed E-state index contributed by atoms with van der Waals surface area (Å²) in [4.78, 5) is 28.5. The van der Waals surface area contributed by atoms with E-state index in [-0.39, 0.29) is 24.8 Å². The van der Waals surface area contributed by atoms with E-state index in [1.807, 2.05) is 37.4 Å². The highest BCUT2D eigenvalue weighted by Crippen LogP contribution is 2.18. The number of hydrogen-bond donors (Lipinski definition) is 1. The number of para-hydroxylation sites is 1. The normalized spacial score (nSPS) is 10.6. The number of carbonyl (C=O) groups excluding carboxylic acids is 2. The lowest BCUT2D eigenvalue weighted by Gasteiger charge is -2.19. The molecular weight excluding hydrogens is 268 g/mol. The highest BCUT2D eigenvalue weighted by Gasteiger charge is 2.17. The van der Waals surface area contributed by atoms with Crippen LogP contribution >= 0.6 is 0 Å². The van der Waals surface area contributed by atoms with Crippen molar-refractivity contribution in [1.82, 2.24) is 9.88 Å². The van der Waals surface area contributed by atoms with Crippen molar-refractivity contribution in [2.75, 3.05) is 19.7 Å². The molecule has 0 spiro atoms. The Bertz CT molecular complexity index is 633. The van der Waals surface area contributed by atoms with Crippen molar-refractivity contribution in [1.29, 1.82) is 0 Å². The SMILES string of the molecule is CCOC(=O)CN(CC)C(=O)Cc1c[nH]c2ccccc12. The third-order valence-corrected chi connectivity index (χ3v) is 3.38. The first-order chi connectivity index (χ1) is 10.2. The van der Waals surface area contributed by atoms with Gasteiger partial charge in [-0.25, -0.2) is 0 Å². The maximum Gasteiger partial charge on any atom is 0.325 e. The van der Waals surface area contributed by atoms with Crippen LogP contribution in [0.25, 0.3) is 10.9 Å². The summed E-state index contributed by atoms with van der Waals surface area (Å²) >= 11 is 0. The molecule has 5 nitrogen and oxygen atoms in total. The van der Waals surface area contributed by atoms with Gasteiger partial charge >= 0.3 is 5.97 Å². The van der Waals surface area contributed by atoms with E-state index in [0.717, 1.165) is 16.5 Å². The lowest BCUT2D eigenvalue weighted by molar-refractivity contribution is -0.148. The number of benzene rings is 1. The summed E-state index contributed by atoms with van der Waals surface area (Å²) in [5, 5.41) is 1.04. The van der Waals surface area contributed by atoms with Crippen LogP contribution in [0.2, 0.25) is 0 Å². The molecule has 0 aliphatic heterocycles. The van der Waals surface area contributed by atoms with Gasteiger partial charge < -0.3 is 14.6 Å². The van der Waals surface area contributed by atoms with Crippen LogP contribution in [-0.4, -0.2) is 41.5 Å². The zero-order chi connectivity index (χ0) is 15.2. The molecule has 0 saturated carbocycles. The molecule has 5 heteroatoms. The number of aromatic nitrogens is 1. The van der Waals surface area contributed by atoms with E-state index in [4.69, 9.17) is 4.74 Å². The van der Waals surface area contributed by atoms with Crippen LogP contribution in [0.4, 0.5) is 0 Å². The van der Waals surface area contributed by atoms with Gasteiger partial charge in [0.25, 0.3) is 0 Å². The molecule has 2 rings (SSSR count). The molecule has 1 aromatic heterocycles. The number of nitrogens with one attached hydrogen (secondary N) is 1. The van der Waals surface area contributed by atoms with Crippen molar-refractivity contribution in [2.45, 2.75) is 20.3 Å². The predicted octanol–water partition coefficient (Wildman–Crippen LogP) is 2.12. The Kier molecular flexibility index (Phi) is 4.98. The van der Waals surface area contributed by atoms with Crippen molar-refractivity contribution < 1.29 is 14.3 Å². The maximum atomic E-state index is 12.3. The minimum Gasteiger partial charge on any atom is -0.465 e. The Hall–Kier alpha value is -2.30. The van der Waals surface area contributed by atoms with Crippen LogP contribution in [-0.2, 0) is 20.7 Å². The number of hydrogen-bond acceptors (Lipinski definition) is 3. The van der Waals surface area contributed by atoms with E-state index in [2.05, 4.69) is 4.98 Å². The standard InChI is InChI=1S/C16H20N2O3/c1-3-18(11-16(20)21-4-2)15(19)9-12-10-17-14-8-6-5-7-13(12)14/h5-8,10,17H,3-4,9,11H2,1-2H3. The quantitative estimate of drug-likeness (QED) is 0.828. The molecule has 21 heavy (non-hydrogen) atoms. The van der Waals surface area contributed by atoms with Crippen LogP contribution in [0, 0.1) is 0 Å². The first-order valence-corrected chi connectivity index (χ1v) is 7.14. The van der Waals surface area contributed by atoms with Gasteiger partial charge in [-0.15, -0.1) is 0 Å². The average molecular weight is 288 g/mol. The zero-order valence-corrected chi connectivity index (χ0v) is 12.4. The molecule has 1 heterocycles. The van der Waals surface area contributed by atoms with Gasteiger partial charge in [-0.2, -0.15) is 0 Å². The van der Waals surface area contributed by atoms with Gasteiger partial charge in [0.2, 0.25) is 5.91 Å². The molecule has 0 fully saturated rings. The fourth-order valence-corrected chi connectivity index (χ4v) is 2.29. The second-order valence-corrected chi connectivity index (χ2v) is 4.75. The van der Waals surface area contributed by atoms with E-state index >= 15 is 0 Å². The molecule has 0 atom stereocenters. The van der Waals surface area contributed by atoms with Crippen LogP contribution in [0.15, 0.2) is 30.5 Å². The van der Waals surface area contributed by atoms with Crippen molar-refractivity contribution in [3.63, 3.8) is 0 Å². The van der Waals surface area contributed by atoms with Gasteiger partial charge in [0, 0.05) is 23.6 Å². The first-order valence-electron chi connectivity index (χ1n) is 7.14. The maximum absolute atomic E-state index is 12.3. The number of likely N-dealkylation sites (N-methyl/N-ethyl adjacent to an activating group) is 1. The lowest BCUT2D eigenvalue weighted by Crippen LogP contribution is -2.37. The van der Waals surface area contributed by atoms with Gasteiger partial charge in [-0.05, 0) is 25.5 Å². The Labute approximate surface area is 123 Å². The number of fused-ring (bicyclic) bond motifs is 1. The molecule has 1 N–H and O–H groups in total. The van der Waals surface area contributed by atoms with Crippen LogP contribution in [0.1, 0.15) is 19.4 Å². The lowest BCUT2D eigenvalue weighted by atomic mass is 10.1. The fraction of sp³-hybridized carbons (Fsp3) is 0.375. The van der Waals surface area contributed by atoms with Gasteiger partial charge in [-0.1, -0.05) is 18.2 Å². The van der Waals surface area contributed by atoms with Crippen LogP contribution < -0.4 is 0 Å². The zero-order valence-electron chi connectivity index (χ0n) is 12.4. The van der Waals surface area contributed by atoms with Crippen molar-refractivity contribution in [2.24, 2.45) is 0 Å². The van der Waals surface area contributed by atoms with Gasteiger partial charge in [0.1, 0.15) is 6.54 Å². The number of rotatable bonds is 6. The number of amides is 1. The number of aromatic amines is 1. The monoisotopic (exact) mass is 288 g/mol. The number of ether oxygens (including phenoxy) is 1. The Morgan fingerprint density at radius 1 is 1.24 bits per heavy atom. The van der Waals surface area contributed by atoms with Gasteiger partial charge in [0.05, 0.1) is 13.0 Å². The molecule has 1 aromatic carbocycles. The molecule has 0 aliphatic rings. The summed E-state index contributed by atoms with van der Waals surface area (Å²) in [5.74, 6) is -0.443. The van der Waals surface area contributed by atoms with E-state index in [1.54, 1.807) is 6.92 Å². The van der Waals surface area contributed by atoms with E-state index < -0.39 is 0 Å². The topological polar surface area (TPSA) is 62.4 Å². The second kappa shape index (κ2) is 6.92. The first kappa shape index (κ1) is 15.1. The Morgan fingerprint density at radius 2 is 2.00 bits per heavy atom. The Morgan fingerprint density at radius 3 is 2.71 bits per heavy atom. The average Bonchev–Trinajstić information content (AvgIpc) is 2.88. The third kappa shape index (κ3) is 3.62. The molecule has 1 amide bonds. The summed E-state index contributed by atoms with van der Waals surface area (Å²) < 4.78 is 4.89. The van der Waals surface area contributed by atoms with E-state index in [0.29, 0.717) is 13.2 Å². The molecule has 0 radical (unpaired) electrons. The fourth-order valence-electron chi connectivity index (χ4n) is 2.29. The van der Waals surface area contributed by atoms with Gasteiger partial charge in [-0.3, -0.25) is 9.59 Å². The Balaban J connectivity index is 2.07. The number of esters is 1. The van der Waals surface area contributed by atoms with Crippen molar-refractivity contribution in [3.05, 3.63) is 36.0 Å². The molecule has 112 valence electrons. The summed E-state index contributed by atoms with van der Waals surface area (Å²) in [6, 6.07) is 7.85. The summed E-state index contributed by atoms with van der Waals surface area (Å²) in [6.07, 6.45) is 2.12. The van der Waals surface area contributed by atoms with Crippen molar-refractivity contribution in [3.8, 4) is 0 Å². The summed E-state index contributed by atoms with van der Waals surface area (Å²) in [5.41, 5.74) is 1.95. The molecule has 2 aromatic rings. The molecule has 0 aliphatic carbocycles. The van der Waals surface area contributed by atoms with Crippen molar-refractivity contribution >= 4 is 22.8 Å². The largest absolute Gasteiger partial charge is 0.465 e. The smallest absolute Gasteiger partial charge is 0.325 e. The van der Waals surface area contributed by atoms with Gasteiger partial charge in [0.15, 0.2) is 0 Å². The second-order valence-electron chi connectivity index (χ2n) is 4.75. The highest BCUT2D eigenvalue weighted by molar-refractivity contribution is 5.90. The number of carbonyl (C=O) groups is 2.